The maximum absolute atomic E-state index is 11.8. The number of carbonyl (C=O) groups excluding carboxylic acids is 2. The van der Waals surface area contributed by atoms with Gasteiger partial charge in [-0.05, 0) is 49.2 Å². The minimum Gasteiger partial charge on any atom is -0.342 e. The van der Waals surface area contributed by atoms with Crippen molar-refractivity contribution in [3.63, 3.8) is 0 Å². The van der Waals surface area contributed by atoms with E-state index < -0.39 is 11.8 Å². The predicted octanol–water partition coefficient (Wildman–Crippen LogP) is 1.95. The second-order valence-electron chi connectivity index (χ2n) is 4.76. The lowest BCUT2D eigenvalue weighted by Crippen LogP contribution is -2.35. The second kappa shape index (κ2) is 6.65. The SMILES string of the molecule is Cc1ccc(NC(=O)C(=O)NCc2ccccn2)cc1C. The molecule has 0 atom stereocenters. The van der Waals surface area contributed by atoms with Gasteiger partial charge in [0.15, 0.2) is 0 Å². The van der Waals surface area contributed by atoms with Gasteiger partial charge in [-0.25, -0.2) is 0 Å². The number of aryl methyl sites for hydroxylation is 2. The Hall–Kier alpha value is -2.69. The number of amides is 2. The Balaban J connectivity index is 1.90. The van der Waals surface area contributed by atoms with Gasteiger partial charge in [-0.2, -0.15) is 0 Å². The van der Waals surface area contributed by atoms with Crippen LogP contribution in [0.3, 0.4) is 0 Å². The number of benzene rings is 1. The van der Waals surface area contributed by atoms with E-state index in [1.165, 1.54) is 0 Å². The summed E-state index contributed by atoms with van der Waals surface area (Å²) in [4.78, 5) is 27.6. The molecule has 1 aromatic heterocycles. The lowest BCUT2D eigenvalue weighted by atomic mass is 10.1. The molecule has 21 heavy (non-hydrogen) atoms. The lowest BCUT2D eigenvalue weighted by Gasteiger charge is -2.08. The Morgan fingerprint density at radius 1 is 1.05 bits per heavy atom. The van der Waals surface area contributed by atoms with Crippen LogP contribution in [0.4, 0.5) is 5.69 Å². The third-order valence-corrected chi connectivity index (χ3v) is 3.13. The molecular formula is C16H17N3O2. The highest BCUT2D eigenvalue weighted by Crippen LogP contribution is 2.13. The van der Waals surface area contributed by atoms with Crippen LogP contribution in [0.1, 0.15) is 16.8 Å². The fourth-order valence-corrected chi connectivity index (χ4v) is 1.76. The average molecular weight is 283 g/mol. The van der Waals surface area contributed by atoms with Crippen molar-refractivity contribution in [2.24, 2.45) is 0 Å². The molecule has 2 N–H and O–H groups in total. The Kier molecular flexibility index (Phi) is 4.66. The van der Waals surface area contributed by atoms with Gasteiger partial charge < -0.3 is 10.6 Å². The molecule has 1 heterocycles. The monoisotopic (exact) mass is 283 g/mol. The van der Waals surface area contributed by atoms with Gasteiger partial charge in [0.1, 0.15) is 0 Å². The normalized spacial score (nSPS) is 10.0. The highest BCUT2D eigenvalue weighted by molar-refractivity contribution is 6.39. The summed E-state index contributed by atoms with van der Waals surface area (Å²) in [5.74, 6) is -1.37. The summed E-state index contributed by atoms with van der Waals surface area (Å²) >= 11 is 0. The number of rotatable bonds is 3. The predicted molar refractivity (Wildman–Crippen MR) is 80.6 cm³/mol. The fourth-order valence-electron chi connectivity index (χ4n) is 1.76. The van der Waals surface area contributed by atoms with Crippen LogP contribution < -0.4 is 10.6 Å². The summed E-state index contributed by atoms with van der Waals surface area (Å²) in [7, 11) is 0. The van der Waals surface area contributed by atoms with E-state index in [9.17, 15) is 9.59 Å². The van der Waals surface area contributed by atoms with Gasteiger partial charge in [0.2, 0.25) is 0 Å². The first-order valence-electron chi connectivity index (χ1n) is 6.62. The van der Waals surface area contributed by atoms with Gasteiger partial charge in [0.05, 0.1) is 12.2 Å². The number of nitrogens with zero attached hydrogens (tertiary/aromatic N) is 1. The molecule has 0 radical (unpaired) electrons. The third-order valence-electron chi connectivity index (χ3n) is 3.13. The van der Waals surface area contributed by atoms with Crippen molar-refractivity contribution in [1.82, 2.24) is 10.3 Å². The van der Waals surface area contributed by atoms with Crippen LogP contribution in [-0.4, -0.2) is 16.8 Å². The van der Waals surface area contributed by atoms with Gasteiger partial charge in [0.25, 0.3) is 0 Å². The summed E-state index contributed by atoms with van der Waals surface area (Å²) < 4.78 is 0. The maximum atomic E-state index is 11.8. The van der Waals surface area contributed by atoms with Gasteiger partial charge >= 0.3 is 11.8 Å². The van der Waals surface area contributed by atoms with E-state index >= 15 is 0 Å². The minimum atomic E-state index is -0.686. The molecule has 2 rings (SSSR count). The molecule has 108 valence electrons. The van der Waals surface area contributed by atoms with Crippen molar-refractivity contribution in [2.45, 2.75) is 20.4 Å². The van der Waals surface area contributed by atoms with Crippen LogP contribution in [0, 0.1) is 13.8 Å². The van der Waals surface area contributed by atoms with Gasteiger partial charge in [-0.1, -0.05) is 12.1 Å². The van der Waals surface area contributed by atoms with Crippen LogP contribution >= 0.6 is 0 Å². The largest absolute Gasteiger partial charge is 0.342 e. The third kappa shape index (κ3) is 4.14. The van der Waals surface area contributed by atoms with Gasteiger partial charge in [-0.15, -0.1) is 0 Å². The van der Waals surface area contributed by atoms with E-state index in [1.54, 1.807) is 24.4 Å². The van der Waals surface area contributed by atoms with E-state index in [4.69, 9.17) is 0 Å². The Morgan fingerprint density at radius 2 is 1.86 bits per heavy atom. The highest BCUT2D eigenvalue weighted by atomic mass is 16.2. The molecule has 0 bridgehead atoms. The van der Waals surface area contributed by atoms with Crippen LogP contribution in [0.25, 0.3) is 0 Å². The number of anilines is 1. The van der Waals surface area contributed by atoms with E-state index in [0.717, 1.165) is 11.1 Å². The molecule has 2 aromatic rings. The number of nitrogens with one attached hydrogen (secondary N) is 2. The van der Waals surface area contributed by atoms with Crippen LogP contribution in [0.5, 0.6) is 0 Å². The Bertz CT molecular complexity index is 654. The molecule has 0 saturated heterocycles. The number of hydrogen-bond donors (Lipinski definition) is 2. The maximum Gasteiger partial charge on any atom is 0.313 e. The van der Waals surface area contributed by atoms with E-state index in [1.807, 2.05) is 32.0 Å². The van der Waals surface area contributed by atoms with Gasteiger partial charge in [0, 0.05) is 11.9 Å². The molecule has 0 aliphatic heterocycles. The second-order valence-corrected chi connectivity index (χ2v) is 4.76. The smallest absolute Gasteiger partial charge is 0.313 e. The van der Waals surface area contributed by atoms with E-state index in [0.29, 0.717) is 11.4 Å². The first-order valence-corrected chi connectivity index (χ1v) is 6.62. The van der Waals surface area contributed by atoms with Crippen LogP contribution in [0.15, 0.2) is 42.6 Å². The first kappa shape index (κ1) is 14.7. The molecule has 0 fully saturated rings. The van der Waals surface area contributed by atoms with Crippen LogP contribution in [-0.2, 0) is 16.1 Å². The zero-order valence-electron chi connectivity index (χ0n) is 12.0. The van der Waals surface area contributed by atoms with Crippen molar-refractivity contribution in [3.05, 3.63) is 59.4 Å². The molecule has 0 aliphatic rings. The molecule has 1 aromatic carbocycles. The van der Waals surface area contributed by atoms with Crippen molar-refractivity contribution in [1.29, 1.82) is 0 Å². The number of carbonyl (C=O) groups is 2. The zero-order valence-corrected chi connectivity index (χ0v) is 12.0. The van der Waals surface area contributed by atoms with Crippen molar-refractivity contribution < 1.29 is 9.59 Å². The van der Waals surface area contributed by atoms with Crippen molar-refractivity contribution >= 4 is 17.5 Å². The summed E-state index contributed by atoms with van der Waals surface area (Å²) in [5, 5.41) is 5.11. The van der Waals surface area contributed by atoms with Gasteiger partial charge in [-0.3, -0.25) is 14.6 Å². The summed E-state index contributed by atoms with van der Waals surface area (Å²) in [6.45, 7) is 4.16. The van der Waals surface area contributed by atoms with E-state index in [2.05, 4.69) is 15.6 Å². The average Bonchev–Trinajstić information content (AvgIpc) is 2.49. The molecule has 0 unspecified atom stereocenters. The zero-order chi connectivity index (χ0) is 15.2. The first-order chi connectivity index (χ1) is 10.1. The lowest BCUT2D eigenvalue weighted by molar-refractivity contribution is -0.136. The number of pyridine rings is 1. The molecule has 0 aliphatic carbocycles. The van der Waals surface area contributed by atoms with Crippen molar-refractivity contribution in [3.8, 4) is 0 Å². The molecule has 0 saturated carbocycles. The summed E-state index contributed by atoms with van der Waals surface area (Å²) in [6, 6.07) is 10.9. The topological polar surface area (TPSA) is 71.1 Å². The summed E-state index contributed by atoms with van der Waals surface area (Å²) in [5.41, 5.74) is 3.50. The van der Waals surface area contributed by atoms with E-state index in [-0.39, 0.29) is 6.54 Å². The molecule has 5 heteroatoms. The van der Waals surface area contributed by atoms with Crippen LogP contribution in [0.2, 0.25) is 0 Å². The number of hydrogen-bond acceptors (Lipinski definition) is 3. The Labute approximate surface area is 123 Å². The standard InChI is InChI=1S/C16H17N3O2/c1-11-6-7-13(9-12(11)2)19-16(21)15(20)18-10-14-5-3-4-8-17-14/h3-9H,10H2,1-2H3,(H,18,20)(H,19,21). The molecule has 0 spiro atoms. The minimum absolute atomic E-state index is 0.222. The molecule has 2 amide bonds. The fraction of sp³-hybridized carbons (Fsp3) is 0.188. The molecular weight excluding hydrogens is 266 g/mol. The van der Waals surface area contributed by atoms with Crippen molar-refractivity contribution in [2.75, 3.05) is 5.32 Å². The summed E-state index contributed by atoms with van der Waals surface area (Å²) in [6.07, 6.45) is 1.64. The highest BCUT2D eigenvalue weighted by Gasteiger charge is 2.13. The number of aromatic nitrogens is 1. The Morgan fingerprint density at radius 3 is 2.52 bits per heavy atom. The molecule has 5 nitrogen and oxygen atoms in total. The quantitative estimate of drug-likeness (QED) is 0.846.